The Morgan fingerprint density at radius 1 is 1.36 bits per heavy atom. The van der Waals surface area contributed by atoms with E-state index >= 15 is 0 Å². The van der Waals surface area contributed by atoms with E-state index in [2.05, 4.69) is 53.5 Å². The highest BCUT2D eigenvalue weighted by molar-refractivity contribution is 9.11. The predicted octanol–water partition coefficient (Wildman–Crippen LogP) is 3.88. The minimum Gasteiger partial charge on any atom is -0.349 e. The lowest BCUT2D eigenvalue weighted by atomic mass is 10.2. The summed E-state index contributed by atoms with van der Waals surface area (Å²) in [5.41, 5.74) is 1.18. The highest BCUT2D eigenvalue weighted by Gasteiger charge is 2.14. The first-order chi connectivity index (χ1) is 6.60. The number of hydrogen-bond acceptors (Lipinski definition) is 3. The zero-order valence-corrected chi connectivity index (χ0v) is 11.6. The third kappa shape index (κ3) is 2.48. The summed E-state index contributed by atoms with van der Waals surface area (Å²) in [6.07, 6.45) is 0. The van der Waals surface area contributed by atoms with Crippen LogP contribution in [0, 0.1) is 0 Å². The molecule has 1 aromatic rings. The summed E-state index contributed by atoms with van der Waals surface area (Å²) in [4.78, 5) is 6.93. The molecule has 0 amide bonds. The van der Waals surface area contributed by atoms with E-state index in [1.807, 2.05) is 0 Å². The Hall–Kier alpha value is -0.0900. The van der Waals surface area contributed by atoms with E-state index in [1.54, 1.807) is 11.3 Å². The Kier molecular flexibility index (Phi) is 4.38. The van der Waals surface area contributed by atoms with Gasteiger partial charge in [0.25, 0.3) is 0 Å². The van der Waals surface area contributed by atoms with Crippen LogP contribution >= 0.6 is 27.3 Å². The van der Waals surface area contributed by atoms with Crippen LogP contribution in [0.3, 0.4) is 0 Å². The van der Waals surface area contributed by atoms with Crippen LogP contribution in [-0.4, -0.2) is 18.1 Å². The SMILES string of the molecule is CCN(CC)c1nc(C(C)C)c(Br)s1. The number of hydrogen-bond donors (Lipinski definition) is 0. The Labute approximate surface area is 98.5 Å². The largest absolute Gasteiger partial charge is 0.349 e. The average molecular weight is 277 g/mol. The fourth-order valence-corrected chi connectivity index (χ4v) is 3.35. The Balaban J connectivity index is 2.95. The molecule has 0 aliphatic heterocycles. The van der Waals surface area contributed by atoms with Gasteiger partial charge in [0.2, 0.25) is 0 Å². The van der Waals surface area contributed by atoms with Gasteiger partial charge in [-0.1, -0.05) is 25.2 Å². The molecule has 0 N–H and O–H groups in total. The molecule has 1 heterocycles. The monoisotopic (exact) mass is 276 g/mol. The molecule has 0 bridgehead atoms. The van der Waals surface area contributed by atoms with Crippen LogP contribution in [-0.2, 0) is 0 Å². The number of rotatable bonds is 4. The van der Waals surface area contributed by atoms with Crippen LogP contribution in [0.25, 0.3) is 0 Å². The van der Waals surface area contributed by atoms with Gasteiger partial charge in [-0.05, 0) is 35.7 Å². The highest BCUT2D eigenvalue weighted by atomic mass is 79.9. The number of nitrogens with zero attached hydrogens (tertiary/aromatic N) is 2. The fourth-order valence-electron chi connectivity index (χ4n) is 1.29. The quantitative estimate of drug-likeness (QED) is 0.830. The molecule has 1 aromatic heterocycles. The molecule has 14 heavy (non-hydrogen) atoms. The number of anilines is 1. The fraction of sp³-hybridized carbons (Fsp3) is 0.700. The molecule has 0 atom stereocenters. The van der Waals surface area contributed by atoms with Crippen LogP contribution in [0.5, 0.6) is 0 Å². The van der Waals surface area contributed by atoms with Crippen LogP contribution in [0.15, 0.2) is 3.79 Å². The molecule has 0 aliphatic rings. The van der Waals surface area contributed by atoms with Crippen LogP contribution < -0.4 is 4.90 Å². The van der Waals surface area contributed by atoms with E-state index in [4.69, 9.17) is 0 Å². The molecule has 0 saturated heterocycles. The predicted molar refractivity (Wildman–Crippen MR) is 67.5 cm³/mol. The van der Waals surface area contributed by atoms with E-state index < -0.39 is 0 Å². The summed E-state index contributed by atoms with van der Waals surface area (Å²) in [7, 11) is 0. The van der Waals surface area contributed by atoms with E-state index in [0.29, 0.717) is 5.92 Å². The number of halogens is 1. The first-order valence-corrected chi connectivity index (χ1v) is 6.62. The van der Waals surface area contributed by atoms with Gasteiger partial charge in [0.15, 0.2) is 5.13 Å². The second-order valence-corrected chi connectivity index (χ2v) is 5.78. The maximum atomic E-state index is 4.65. The molecular weight excluding hydrogens is 260 g/mol. The third-order valence-electron chi connectivity index (χ3n) is 2.18. The molecule has 0 spiro atoms. The van der Waals surface area contributed by atoms with Gasteiger partial charge in [0, 0.05) is 13.1 Å². The molecule has 0 aromatic carbocycles. The lowest BCUT2D eigenvalue weighted by molar-refractivity contribution is 0.808. The minimum atomic E-state index is 0.491. The van der Waals surface area contributed by atoms with Crippen molar-refractivity contribution in [3.63, 3.8) is 0 Å². The maximum Gasteiger partial charge on any atom is 0.186 e. The molecule has 0 radical (unpaired) electrons. The second-order valence-electron chi connectivity index (χ2n) is 3.48. The number of aromatic nitrogens is 1. The zero-order valence-electron chi connectivity index (χ0n) is 9.17. The Bertz CT molecular complexity index is 292. The first-order valence-electron chi connectivity index (χ1n) is 5.01. The molecule has 1 rings (SSSR count). The third-order valence-corrected chi connectivity index (χ3v) is 3.99. The molecule has 0 saturated carbocycles. The van der Waals surface area contributed by atoms with Crippen molar-refractivity contribution in [3.05, 3.63) is 9.48 Å². The topological polar surface area (TPSA) is 16.1 Å². The van der Waals surface area contributed by atoms with Crippen LogP contribution in [0.1, 0.15) is 39.3 Å². The van der Waals surface area contributed by atoms with Gasteiger partial charge in [0.1, 0.15) is 0 Å². The van der Waals surface area contributed by atoms with Crippen molar-refractivity contribution in [3.8, 4) is 0 Å². The molecular formula is C10H17BrN2S. The Morgan fingerprint density at radius 3 is 2.29 bits per heavy atom. The molecule has 0 fully saturated rings. The molecule has 80 valence electrons. The van der Waals surface area contributed by atoms with Crippen molar-refractivity contribution in [1.29, 1.82) is 0 Å². The normalized spacial score (nSPS) is 11.0. The van der Waals surface area contributed by atoms with Gasteiger partial charge in [-0.15, -0.1) is 0 Å². The van der Waals surface area contributed by atoms with Crippen molar-refractivity contribution < 1.29 is 0 Å². The summed E-state index contributed by atoms with van der Waals surface area (Å²) >= 11 is 5.31. The minimum absolute atomic E-state index is 0.491. The standard InChI is InChI=1S/C10H17BrN2S/c1-5-13(6-2)10-12-8(7(3)4)9(11)14-10/h7H,5-6H2,1-4H3. The van der Waals surface area contributed by atoms with E-state index in [1.165, 1.54) is 9.48 Å². The van der Waals surface area contributed by atoms with Gasteiger partial charge in [-0.3, -0.25) is 0 Å². The first kappa shape index (κ1) is 12.0. The average Bonchev–Trinajstić information content (AvgIpc) is 2.50. The summed E-state index contributed by atoms with van der Waals surface area (Å²) in [6, 6.07) is 0. The summed E-state index contributed by atoms with van der Waals surface area (Å²) in [5.74, 6) is 0.491. The van der Waals surface area contributed by atoms with Crippen molar-refractivity contribution in [2.75, 3.05) is 18.0 Å². The van der Waals surface area contributed by atoms with Crippen molar-refractivity contribution >= 4 is 32.4 Å². The Morgan fingerprint density at radius 2 is 1.93 bits per heavy atom. The van der Waals surface area contributed by atoms with Gasteiger partial charge in [0.05, 0.1) is 9.48 Å². The highest BCUT2D eigenvalue weighted by Crippen LogP contribution is 2.34. The summed E-state index contributed by atoms with van der Waals surface area (Å²) < 4.78 is 1.18. The molecule has 0 unspecified atom stereocenters. The molecule has 2 nitrogen and oxygen atoms in total. The van der Waals surface area contributed by atoms with Gasteiger partial charge in [-0.2, -0.15) is 0 Å². The van der Waals surface area contributed by atoms with Crippen molar-refractivity contribution in [2.45, 2.75) is 33.6 Å². The maximum absolute atomic E-state index is 4.65. The van der Waals surface area contributed by atoms with Crippen LogP contribution in [0.2, 0.25) is 0 Å². The molecule has 4 heteroatoms. The van der Waals surface area contributed by atoms with E-state index in [-0.39, 0.29) is 0 Å². The van der Waals surface area contributed by atoms with Gasteiger partial charge < -0.3 is 4.90 Å². The van der Waals surface area contributed by atoms with E-state index in [9.17, 15) is 0 Å². The summed E-state index contributed by atoms with van der Waals surface area (Å²) in [6.45, 7) is 10.7. The van der Waals surface area contributed by atoms with E-state index in [0.717, 1.165) is 18.2 Å². The van der Waals surface area contributed by atoms with Gasteiger partial charge in [-0.25, -0.2) is 4.98 Å². The zero-order chi connectivity index (χ0) is 10.7. The lowest BCUT2D eigenvalue weighted by Gasteiger charge is -2.16. The van der Waals surface area contributed by atoms with Crippen molar-refractivity contribution in [1.82, 2.24) is 4.98 Å². The van der Waals surface area contributed by atoms with Gasteiger partial charge >= 0.3 is 0 Å². The summed E-state index contributed by atoms with van der Waals surface area (Å²) in [5, 5.41) is 1.13. The molecule has 0 aliphatic carbocycles. The smallest absolute Gasteiger partial charge is 0.186 e. The van der Waals surface area contributed by atoms with Crippen LogP contribution in [0.4, 0.5) is 5.13 Å². The number of thiazole rings is 1. The lowest BCUT2D eigenvalue weighted by Crippen LogP contribution is -2.21. The second kappa shape index (κ2) is 5.12. The van der Waals surface area contributed by atoms with Crippen molar-refractivity contribution in [2.24, 2.45) is 0 Å².